The Kier molecular flexibility index (Phi) is 6.10. The number of morpholine rings is 1. The van der Waals surface area contributed by atoms with Crippen LogP contribution >= 0.6 is 0 Å². The van der Waals surface area contributed by atoms with Gasteiger partial charge >= 0.3 is 0 Å². The second-order valence-electron chi connectivity index (χ2n) is 7.92. The summed E-state index contributed by atoms with van der Waals surface area (Å²) in [7, 11) is 0. The standard InChI is InChI=1S/C22H31N3O2/c26-22(14-18-16-27-13-11-23-18)25(19-6-2-1-3-7-19)12-10-17-15-24-21-9-5-4-8-20(17)21/h4-5,8-9,15,18-19,23-24H,1-3,6-7,10-14,16H2/t18-/m0/s1. The molecule has 2 aromatic rings. The fourth-order valence-corrected chi connectivity index (χ4v) is 4.56. The van der Waals surface area contributed by atoms with Gasteiger partial charge in [0.15, 0.2) is 0 Å². The summed E-state index contributed by atoms with van der Waals surface area (Å²) in [5.74, 6) is 0.282. The highest BCUT2D eigenvalue weighted by Gasteiger charge is 2.27. The number of H-pyrrole nitrogens is 1. The Morgan fingerprint density at radius 2 is 2.04 bits per heavy atom. The van der Waals surface area contributed by atoms with Gasteiger partial charge < -0.3 is 19.9 Å². The van der Waals surface area contributed by atoms with Crippen LogP contribution in [-0.4, -0.2) is 54.2 Å². The van der Waals surface area contributed by atoms with Gasteiger partial charge in [0.2, 0.25) is 5.91 Å². The van der Waals surface area contributed by atoms with Gasteiger partial charge in [0.05, 0.1) is 13.2 Å². The van der Waals surface area contributed by atoms with Crippen LogP contribution in [0.4, 0.5) is 0 Å². The summed E-state index contributed by atoms with van der Waals surface area (Å²) >= 11 is 0. The Morgan fingerprint density at radius 1 is 1.19 bits per heavy atom. The fraction of sp³-hybridized carbons (Fsp3) is 0.591. The van der Waals surface area contributed by atoms with E-state index >= 15 is 0 Å². The highest BCUT2D eigenvalue weighted by Crippen LogP contribution is 2.25. The average Bonchev–Trinajstić information content (AvgIpc) is 3.13. The summed E-state index contributed by atoms with van der Waals surface area (Å²) in [6.45, 7) is 3.04. The molecular formula is C22H31N3O2. The van der Waals surface area contributed by atoms with Crippen LogP contribution in [0.5, 0.6) is 0 Å². The molecule has 0 radical (unpaired) electrons. The van der Waals surface area contributed by atoms with Crippen molar-refractivity contribution in [1.29, 1.82) is 0 Å². The van der Waals surface area contributed by atoms with Gasteiger partial charge in [-0.1, -0.05) is 37.5 Å². The van der Waals surface area contributed by atoms with Crippen LogP contribution in [0.1, 0.15) is 44.1 Å². The predicted octanol–water partition coefficient (Wildman–Crippen LogP) is 3.25. The van der Waals surface area contributed by atoms with Gasteiger partial charge in [0.25, 0.3) is 0 Å². The molecule has 4 rings (SSSR count). The molecule has 1 aromatic heterocycles. The summed E-state index contributed by atoms with van der Waals surface area (Å²) < 4.78 is 5.54. The number of aromatic nitrogens is 1. The Balaban J connectivity index is 1.44. The topological polar surface area (TPSA) is 57.4 Å². The monoisotopic (exact) mass is 369 g/mol. The lowest BCUT2D eigenvalue weighted by molar-refractivity contribution is -0.135. The van der Waals surface area contributed by atoms with Gasteiger partial charge in [-0.2, -0.15) is 0 Å². The molecule has 1 atom stereocenters. The van der Waals surface area contributed by atoms with Crippen LogP contribution in [0.15, 0.2) is 30.5 Å². The second-order valence-corrected chi connectivity index (χ2v) is 7.92. The number of ether oxygens (including phenoxy) is 1. The Labute approximate surface area is 161 Å². The summed E-state index contributed by atoms with van der Waals surface area (Å²) in [6, 6.07) is 8.97. The van der Waals surface area contributed by atoms with Crippen molar-refractivity contribution in [1.82, 2.24) is 15.2 Å². The summed E-state index contributed by atoms with van der Waals surface area (Å²) in [5.41, 5.74) is 2.48. The van der Waals surface area contributed by atoms with Crippen molar-refractivity contribution < 1.29 is 9.53 Å². The molecule has 2 fully saturated rings. The molecule has 146 valence electrons. The van der Waals surface area contributed by atoms with Crippen molar-refractivity contribution in [3.8, 4) is 0 Å². The van der Waals surface area contributed by atoms with Crippen molar-refractivity contribution in [3.05, 3.63) is 36.0 Å². The molecule has 5 nitrogen and oxygen atoms in total. The average molecular weight is 370 g/mol. The van der Waals surface area contributed by atoms with Crippen molar-refractivity contribution in [2.45, 2.75) is 57.0 Å². The zero-order valence-electron chi connectivity index (χ0n) is 16.1. The molecule has 1 aliphatic carbocycles. The largest absolute Gasteiger partial charge is 0.378 e. The number of aromatic amines is 1. The SMILES string of the molecule is O=C(C[C@H]1COCCN1)N(CCc1c[nH]c2ccccc12)C1CCCCC1. The maximum Gasteiger partial charge on any atom is 0.224 e. The lowest BCUT2D eigenvalue weighted by Crippen LogP contribution is -2.48. The number of hydrogen-bond donors (Lipinski definition) is 2. The zero-order valence-corrected chi connectivity index (χ0v) is 16.1. The first-order valence-electron chi connectivity index (χ1n) is 10.5. The Morgan fingerprint density at radius 3 is 2.85 bits per heavy atom. The zero-order chi connectivity index (χ0) is 18.5. The fourth-order valence-electron chi connectivity index (χ4n) is 4.56. The Bertz CT molecular complexity index is 745. The molecule has 1 aliphatic heterocycles. The van der Waals surface area contributed by atoms with Crippen molar-refractivity contribution in [3.63, 3.8) is 0 Å². The Hall–Kier alpha value is -1.85. The van der Waals surface area contributed by atoms with Crippen molar-refractivity contribution >= 4 is 16.8 Å². The minimum absolute atomic E-state index is 0.158. The maximum atomic E-state index is 13.2. The van der Waals surface area contributed by atoms with Crippen molar-refractivity contribution in [2.75, 3.05) is 26.3 Å². The predicted molar refractivity (Wildman–Crippen MR) is 108 cm³/mol. The number of fused-ring (bicyclic) bond motifs is 1. The number of hydrogen-bond acceptors (Lipinski definition) is 3. The highest BCUT2D eigenvalue weighted by atomic mass is 16.5. The summed E-state index contributed by atoms with van der Waals surface area (Å²) in [4.78, 5) is 18.7. The van der Waals surface area contributed by atoms with Crippen LogP contribution in [0, 0.1) is 0 Å². The number of para-hydroxylation sites is 1. The molecule has 2 heterocycles. The molecule has 1 saturated heterocycles. The lowest BCUT2D eigenvalue weighted by Gasteiger charge is -2.36. The third kappa shape index (κ3) is 4.53. The first kappa shape index (κ1) is 18.5. The number of rotatable bonds is 6. The van der Waals surface area contributed by atoms with Gasteiger partial charge in [-0.05, 0) is 30.9 Å². The molecule has 1 amide bonds. The van der Waals surface area contributed by atoms with E-state index in [4.69, 9.17) is 4.74 Å². The van der Waals surface area contributed by atoms with E-state index < -0.39 is 0 Å². The molecule has 0 bridgehead atoms. The minimum atomic E-state index is 0.158. The van der Waals surface area contributed by atoms with Crippen molar-refractivity contribution in [2.24, 2.45) is 0 Å². The van der Waals surface area contributed by atoms with Gasteiger partial charge in [0.1, 0.15) is 0 Å². The molecule has 5 heteroatoms. The minimum Gasteiger partial charge on any atom is -0.378 e. The van der Waals surface area contributed by atoms with Gasteiger partial charge in [-0.15, -0.1) is 0 Å². The maximum absolute atomic E-state index is 13.2. The molecule has 27 heavy (non-hydrogen) atoms. The van der Waals surface area contributed by atoms with Gasteiger partial charge in [0, 0.05) is 48.7 Å². The highest BCUT2D eigenvalue weighted by molar-refractivity contribution is 5.83. The summed E-state index contributed by atoms with van der Waals surface area (Å²) in [5, 5.41) is 4.70. The first-order chi connectivity index (χ1) is 13.3. The third-order valence-electron chi connectivity index (χ3n) is 6.05. The normalized spacial score (nSPS) is 21.4. The van der Waals surface area contributed by atoms with E-state index in [1.54, 1.807) is 0 Å². The van der Waals surface area contributed by atoms with Crippen LogP contribution in [0.2, 0.25) is 0 Å². The number of carbonyl (C=O) groups is 1. The molecule has 1 aromatic carbocycles. The van der Waals surface area contributed by atoms with Gasteiger partial charge in [-0.3, -0.25) is 4.79 Å². The van der Waals surface area contributed by atoms with E-state index in [1.807, 2.05) is 0 Å². The van der Waals surface area contributed by atoms with E-state index in [9.17, 15) is 4.79 Å². The van der Waals surface area contributed by atoms with E-state index in [0.717, 1.165) is 39.0 Å². The van der Waals surface area contributed by atoms with E-state index in [-0.39, 0.29) is 11.9 Å². The van der Waals surface area contributed by atoms with E-state index in [2.05, 4.69) is 45.7 Å². The number of nitrogens with zero attached hydrogens (tertiary/aromatic N) is 1. The van der Waals surface area contributed by atoms with Crippen LogP contribution < -0.4 is 5.32 Å². The lowest BCUT2D eigenvalue weighted by atomic mass is 9.93. The smallest absolute Gasteiger partial charge is 0.224 e. The number of carbonyl (C=O) groups excluding carboxylic acids is 1. The van der Waals surface area contributed by atoms with E-state index in [0.29, 0.717) is 19.1 Å². The molecular weight excluding hydrogens is 338 g/mol. The summed E-state index contributed by atoms with van der Waals surface area (Å²) in [6.07, 6.45) is 9.63. The molecule has 2 aliphatic rings. The van der Waals surface area contributed by atoms with Crippen LogP contribution in [0.25, 0.3) is 10.9 Å². The number of benzene rings is 1. The molecule has 2 N–H and O–H groups in total. The third-order valence-corrected chi connectivity index (χ3v) is 6.05. The van der Waals surface area contributed by atoms with Crippen LogP contribution in [-0.2, 0) is 16.0 Å². The molecule has 0 spiro atoms. The molecule has 0 unspecified atom stereocenters. The van der Waals surface area contributed by atoms with Crippen LogP contribution in [0.3, 0.4) is 0 Å². The quantitative estimate of drug-likeness (QED) is 0.822. The number of amides is 1. The van der Waals surface area contributed by atoms with E-state index in [1.165, 1.54) is 35.7 Å². The second kappa shape index (κ2) is 8.89. The first-order valence-corrected chi connectivity index (χ1v) is 10.5. The number of nitrogens with one attached hydrogen (secondary N) is 2. The molecule has 1 saturated carbocycles. The van der Waals surface area contributed by atoms with Gasteiger partial charge in [-0.25, -0.2) is 0 Å².